The smallest absolute Gasteiger partial charge is 0.317 e. The predicted octanol–water partition coefficient (Wildman–Crippen LogP) is 0.393. The van der Waals surface area contributed by atoms with E-state index in [-0.39, 0.29) is 13.1 Å². The highest BCUT2D eigenvalue weighted by atomic mass is 35.7. The standard InChI is InChI=1S/C4H6ClF2NO3S/c5-12(9,10)8-1-3(2-8)11-4(6)7/h3-4H,1-2H2. The lowest BCUT2D eigenvalue weighted by molar-refractivity contribution is -0.185. The van der Waals surface area contributed by atoms with Crippen molar-refractivity contribution in [3.63, 3.8) is 0 Å². The summed E-state index contributed by atoms with van der Waals surface area (Å²) in [5.74, 6) is 0. The molecule has 0 spiro atoms. The van der Waals surface area contributed by atoms with Crippen LogP contribution in [0.2, 0.25) is 0 Å². The second-order valence-corrected chi connectivity index (χ2v) is 4.79. The highest BCUT2D eigenvalue weighted by Crippen LogP contribution is 2.20. The van der Waals surface area contributed by atoms with Gasteiger partial charge in [-0.15, -0.1) is 0 Å². The second kappa shape index (κ2) is 3.41. The monoisotopic (exact) mass is 221 g/mol. The molecule has 1 fully saturated rings. The lowest BCUT2D eigenvalue weighted by atomic mass is 10.2. The first kappa shape index (κ1) is 10.1. The largest absolute Gasteiger partial charge is 0.345 e. The van der Waals surface area contributed by atoms with Crippen LogP contribution in [0, 0.1) is 0 Å². The first-order valence-corrected chi connectivity index (χ1v) is 5.29. The zero-order valence-corrected chi connectivity index (χ0v) is 7.36. The van der Waals surface area contributed by atoms with Crippen molar-refractivity contribution in [2.45, 2.75) is 12.7 Å². The zero-order valence-electron chi connectivity index (χ0n) is 5.78. The van der Waals surface area contributed by atoms with E-state index < -0.39 is 22.0 Å². The summed E-state index contributed by atoms with van der Waals surface area (Å²) in [4.78, 5) is 0. The number of rotatable bonds is 3. The van der Waals surface area contributed by atoms with Gasteiger partial charge in [0.05, 0.1) is 6.10 Å². The molecule has 0 unspecified atom stereocenters. The van der Waals surface area contributed by atoms with Crippen molar-refractivity contribution in [3.8, 4) is 0 Å². The highest BCUT2D eigenvalue weighted by Gasteiger charge is 2.36. The zero-order chi connectivity index (χ0) is 9.35. The van der Waals surface area contributed by atoms with Crippen molar-refractivity contribution in [1.29, 1.82) is 0 Å². The first-order chi connectivity index (χ1) is 5.39. The Labute approximate surface area is 72.6 Å². The second-order valence-electron chi connectivity index (χ2n) is 2.28. The van der Waals surface area contributed by atoms with Crippen molar-refractivity contribution in [2.24, 2.45) is 0 Å². The van der Waals surface area contributed by atoms with Gasteiger partial charge in [0, 0.05) is 23.8 Å². The summed E-state index contributed by atoms with van der Waals surface area (Å²) >= 11 is 0. The summed E-state index contributed by atoms with van der Waals surface area (Å²) < 4.78 is 48.9. The molecular weight excluding hydrogens is 216 g/mol. The molecule has 0 aliphatic carbocycles. The molecule has 1 heterocycles. The van der Waals surface area contributed by atoms with Crippen LogP contribution >= 0.6 is 10.7 Å². The van der Waals surface area contributed by atoms with Gasteiger partial charge in [-0.1, -0.05) is 0 Å². The maximum Gasteiger partial charge on any atom is 0.345 e. The fourth-order valence-electron chi connectivity index (χ4n) is 0.810. The Morgan fingerprint density at radius 2 is 2.00 bits per heavy atom. The van der Waals surface area contributed by atoms with Crippen LogP contribution in [0.4, 0.5) is 8.78 Å². The SMILES string of the molecule is O=S(=O)(Cl)N1CC(OC(F)F)C1. The number of halogens is 3. The fourth-order valence-corrected chi connectivity index (χ4v) is 1.84. The van der Waals surface area contributed by atoms with E-state index in [1.54, 1.807) is 0 Å². The molecule has 1 aliphatic rings. The number of ether oxygens (including phenoxy) is 1. The van der Waals surface area contributed by atoms with E-state index in [1.807, 2.05) is 0 Å². The summed E-state index contributed by atoms with van der Waals surface area (Å²) in [5.41, 5.74) is 0. The van der Waals surface area contributed by atoms with Gasteiger partial charge < -0.3 is 4.74 Å². The summed E-state index contributed by atoms with van der Waals surface area (Å²) in [6.45, 7) is -3.07. The molecule has 0 bridgehead atoms. The van der Waals surface area contributed by atoms with E-state index >= 15 is 0 Å². The average Bonchev–Trinajstić information content (AvgIpc) is 1.73. The molecule has 0 N–H and O–H groups in total. The summed E-state index contributed by atoms with van der Waals surface area (Å²) in [6.07, 6.45) is -0.737. The van der Waals surface area contributed by atoms with E-state index in [2.05, 4.69) is 4.74 Å². The molecule has 4 nitrogen and oxygen atoms in total. The van der Waals surface area contributed by atoms with Crippen molar-refractivity contribution in [1.82, 2.24) is 4.31 Å². The lowest BCUT2D eigenvalue weighted by Gasteiger charge is -2.35. The maximum atomic E-state index is 11.5. The van der Waals surface area contributed by atoms with Crippen LogP contribution in [-0.4, -0.2) is 38.5 Å². The molecule has 0 aromatic carbocycles. The van der Waals surface area contributed by atoms with Crippen LogP contribution in [0.25, 0.3) is 0 Å². The third kappa shape index (κ3) is 2.51. The molecule has 0 atom stereocenters. The van der Waals surface area contributed by atoms with Crippen LogP contribution < -0.4 is 0 Å². The average molecular weight is 222 g/mol. The Balaban J connectivity index is 2.30. The normalized spacial score (nSPS) is 21.3. The predicted molar refractivity (Wildman–Crippen MR) is 37.2 cm³/mol. The molecule has 1 rings (SSSR count). The van der Waals surface area contributed by atoms with Crippen molar-refractivity contribution >= 4 is 19.9 Å². The molecule has 1 aliphatic heterocycles. The molecule has 0 radical (unpaired) electrons. The number of alkyl halides is 2. The Hall–Kier alpha value is 0.0200. The molecule has 0 aromatic heterocycles. The minimum absolute atomic E-state index is 0.101. The van der Waals surface area contributed by atoms with Crippen LogP contribution in [0.15, 0.2) is 0 Å². The molecule has 0 saturated carbocycles. The van der Waals surface area contributed by atoms with Crippen molar-refractivity contribution in [3.05, 3.63) is 0 Å². The third-order valence-electron chi connectivity index (χ3n) is 1.42. The third-order valence-corrected chi connectivity index (χ3v) is 2.92. The minimum atomic E-state index is -3.75. The molecule has 0 amide bonds. The van der Waals surface area contributed by atoms with Gasteiger partial charge in [0.15, 0.2) is 0 Å². The number of nitrogens with zero attached hydrogens (tertiary/aromatic N) is 1. The van der Waals surface area contributed by atoms with Crippen LogP contribution in [0.3, 0.4) is 0 Å². The maximum absolute atomic E-state index is 11.5. The quantitative estimate of drug-likeness (QED) is 0.648. The van der Waals surface area contributed by atoms with Gasteiger partial charge in [-0.2, -0.15) is 21.5 Å². The number of hydrogen-bond acceptors (Lipinski definition) is 3. The van der Waals surface area contributed by atoms with Crippen molar-refractivity contribution in [2.75, 3.05) is 13.1 Å². The Kier molecular flexibility index (Phi) is 2.87. The summed E-state index contributed by atoms with van der Waals surface area (Å²) in [7, 11) is 1.14. The van der Waals surface area contributed by atoms with Gasteiger partial charge >= 0.3 is 6.61 Å². The fraction of sp³-hybridized carbons (Fsp3) is 1.00. The Morgan fingerprint density at radius 1 is 1.50 bits per heavy atom. The van der Waals surface area contributed by atoms with Gasteiger partial charge in [-0.05, 0) is 0 Å². The van der Waals surface area contributed by atoms with Crippen LogP contribution in [-0.2, 0) is 14.0 Å². The van der Waals surface area contributed by atoms with Gasteiger partial charge in [0.1, 0.15) is 0 Å². The van der Waals surface area contributed by atoms with E-state index in [1.165, 1.54) is 0 Å². The van der Waals surface area contributed by atoms with Gasteiger partial charge in [0.25, 0.3) is 9.24 Å². The van der Waals surface area contributed by atoms with Gasteiger partial charge in [0.2, 0.25) is 0 Å². The van der Waals surface area contributed by atoms with E-state index in [0.29, 0.717) is 0 Å². The molecule has 12 heavy (non-hydrogen) atoms. The molecule has 0 aromatic rings. The van der Waals surface area contributed by atoms with Gasteiger partial charge in [-0.3, -0.25) is 0 Å². The van der Waals surface area contributed by atoms with E-state index in [0.717, 1.165) is 4.31 Å². The van der Waals surface area contributed by atoms with Crippen molar-refractivity contribution < 1.29 is 21.9 Å². The molecule has 8 heteroatoms. The van der Waals surface area contributed by atoms with Crippen LogP contribution in [0.5, 0.6) is 0 Å². The van der Waals surface area contributed by atoms with E-state index in [4.69, 9.17) is 10.7 Å². The highest BCUT2D eigenvalue weighted by molar-refractivity contribution is 8.11. The topological polar surface area (TPSA) is 46.6 Å². The number of hydrogen-bond donors (Lipinski definition) is 0. The lowest BCUT2D eigenvalue weighted by Crippen LogP contribution is -2.53. The molecule has 72 valence electrons. The van der Waals surface area contributed by atoms with Crippen LogP contribution in [0.1, 0.15) is 0 Å². The first-order valence-electron chi connectivity index (χ1n) is 3.03. The van der Waals surface area contributed by atoms with Gasteiger partial charge in [-0.25, -0.2) is 0 Å². The molecular formula is C4H6ClF2NO3S. The summed E-state index contributed by atoms with van der Waals surface area (Å²) in [5, 5.41) is 0. The Morgan fingerprint density at radius 3 is 2.33 bits per heavy atom. The van der Waals surface area contributed by atoms with E-state index in [9.17, 15) is 17.2 Å². The summed E-state index contributed by atoms with van der Waals surface area (Å²) in [6, 6.07) is 0. The Bertz CT molecular complexity index is 251. The minimum Gasteiger partial charge on any atom is -0.317 e. The molecule has 1 saturated heterocycles.